The number of anilines is 1. The Morgan fingerprint density at radius 1 is 1.37 bits per heavy atom. The van der Waals surface area contributed by atoms with E-state index in [1.807, 2.05) is 30.5 Å². The lowest BCUT2D eigenvalue weighted by Crippen LogP contribution is -2.21. The van der Waals surface area contributed by atoms with Crippen LogP contribution in [0.3, 0.4) is 0 Å². The average molecular weight is 271 g/mol. The van der Waals surface area contributed by atoms with E-state index in [-0.39, 0.29) is 11.8 Å². The number of halogens is 1. The van der Waals surface area contributed by atoms with E-state index in [1.54, 1.807) is 12.3 Å². The van der Waals surface area contributed by atoms with Crippen molar-refractivity contribution in [2.45, 2.75) is 17.8 Å². The zero-order valence-electron chi connectivity index (χ0n) is 10.1. The van der Waals surface area contributed by atoms with Crippen molar-refractivity contribution in [2.24, 2.45) is 0 Å². The molecule has 1 N–H and O–H groups in total. The molecule has 1 spiro atoms. The minimum atomic E-state index is -0.427. The molecule has 1 aromatic carbocycles. The minimum Gasteiger partial charge on any atom is -0.325 e. The Morgan fingerprint density at radius 3 is 3.05 bits per heavy atom. The summed E-state index contributed by atoms with van der Waals surface area (Å²) in [4.78, 5) is 16.5. The third-order valence-electron chi connectivity index (χ3n) is 4.16. The van der Waals surface area contributed by atoms with Crippen molar-refractivity contribution in [1.29, 1.82) is 0 Å². The van der Waals surface area contributed by atoms with Crippen molar-refractivity contribution in [3.63, 3.8) is 0 Å². The van der Waals surface area contributed by atoms with Crippen LogP contribution in [-0.4, -0.2) is 10.9 Å². The van der Waals surface area contributed by atoms with Gasteiger partial charge in [0, 0.05) is 29.0 Å². The number of amides is 1. The Hall–Kier alpha value is -1.87. The summed E-state index contributed by atoms with van der Waals surface area (Å²) >= 11 is 6.07. The Kier molecular flexibility index (Phi) is 2.07. The number of benzene rings is 1. The number of nitrogens with zero attached hydrogens (tertiary/aromatic N) is 1. The summed E-state index contributed by atoms with van der Waals surface area (Å²) in [6.45, 7) is 0. The fourth-order valence-electron chi connectivity index (χ4n) is 3.15. The summed E-state index contributed by atoms with van der Waals surface area (Å²) in [5.74, 6) is 0.291. The molecule has 3 nitrogen and oxygen atoms in total. The molecule has 1 aromatic heterocycles. The summed E-state index contributed by atoms with van der Waals surface area (Å²) in [5.41, 5.74) is 2.61. The summed E-state index contributed by atoms with van der Waals surface area (Å²) in [5, 5.41) is 3.63. The van der Waals surface area contributed by atoms with Gasteiger partial charge in [0.15, 0.2) is 0 Å². The fraction of sp³-hybridized carbons (Fsp3) is 0.200. The van der Waals surface area contributed by atoms with Gasteiger partial charge in [-0.15, -0.1) is 0 Å². The highest BCUT2D eigenvalue weighted by Gasteiger charge is 2.65. The van der Waals surface area contributed by atoms with Crippen LogP contribution in [0.25, 0.3) is 0 Å². The lowest BCUT2D eigenvalue weighted by Gasteiger charge is -2.08. The number of hydrogen-bond acceptors (Lipinski definition) is 2. The van der Waals surface area contributed by atoms with Gasteiger partial charge in [-0.25, -0.2) is 0 Å². The van der Waals surface area contributed by atoms with Gasteiger partial charge in [0.05, 0.1) is 5.41 Å². The first kappa shape index (κ1) is 11.0. The molecule has 0 radical (unpaired) electrons. The van der Waals surface area contributed by atoms with Crippen LogP contribution >= 0.6 is 11.6 Å². The van der Waals surface area contributed by atoms with Crippen LogP contribution in [0.5, 0.6) is 0 Å². The molecule has 1 aliphatic carbocycles. The van der Waals surface area contributed by atoms with Crippen molar-refractivity contribution in [2.75, 3.05) is 5.32 Å². The second-order valence-electron chi connectivity index (χ2n) is 5.16. The topological polar surface area (TPSA) is 42.0 Å². The Balaban J connectivity index is 1.82. The van der Waals surface area contributed by atoms with Crippen LogP contribution in [0, 0.1) is 0 Å². The van der Waals surface area contributed by atoms with Crippen LogP contribution in [0.4, 0.5) is 5.69 Å². The highest BCUT2D eigenvalue weighted by Crippen LogP contribution is 2.64. The maximum Gasteiger partial charge on any atom is 0.235 e. The normalized spacial score (nSPS) is 27.2. The first-order valence-corrected chi connectivity index (χ1v) is 6.61. The van der Waals surface area contributed by atoms with E-state index < -0.39 is 5.41 Å². The quantitative estimate of drug-likeness (QED) is 0.865. The van der Waals surface area contributed by atoms with E-state index >= 15 is 0 Å². The zero-order chi connectivity index (χ0) is 13.0. The van der Waals surface area contributed by atoms with Gasteiger partial charge in [-0.2, -0.15) is 0 Å². The molecule has 0 bridgehead atoms. The maximum atomic E-state index is 12.3. The van der Waals surface area contributed by atoms with Crippen molar-refractivity contribution >= 4 is 23.2 Å². The second-order valence-corrected chi connectivity index (χ2v) is 5.59. The lowest BCUT2D eigenvalue weighted by atomic mass is 9.92. The smallest absolute Gasteiger partial charge is 0.235 e. The second kappa shape index (κ2) is 3.58. The molecular formula is C15H11ClN2O. The van der Waals surface area contributed by atoms with Gasteiger partial charge in [-0.3, -0.25) is 9.78 Å². The third kappa shape index (κ3) is 1.39. The van der Waals surface area contributed by atoms with E-state index in [1.165, 1.54) is 0 Å². The Bertz CT molecular complexity index is 686. The van der Waals surface area contributed by atoms with Crippen LogP contribution in [-0.2, 0) is 10.2 Å². The highest BCUT2D eigenvalue weighted by atomic mass is 35.5. The van der Waals surface area contributed by atoms with E-state index in [0.717, 1.165) is 23.2 Å². The highest BCUT2D eigenvalue weighted by molar-refractivity contribution is 6.31. The third-order valence-corrected chi connectivity index (χ3v) is 4.40. The molecule has 1 aliphatic heterocycles. The molecule has 1 saturated carbocycles. The van der Waals surface area contributed by atoms with Gasteiger partial charge < -0.3 is 5.32 Å². The van der Waals surface area contributed by atoms with E-state index in [4.69, 9.17) is 11.6 Å². The van der Waals surface area contributed by atoms with Crippen LogP contribution < -0.4 is 5.32 Å². The van der Waals surface area contributed by atoms with Crippen molar-refractivity contribution in [1.82, 2.24) is 4.98 Å². The first-order chi connectivity index (χ1) is 9.22. The van der Waals surface area contributed by atoms with Crippen molar-refractivity contribution < 1.29 is 4.79 Å². The number of carbonyl (C=O) groups excluding carboxylic acids is 1. The van der Waals surface area contributed by atoms with Crippen molar-refractivity contribution in [3.8, 4) is 0 Å². The van der Waals surface area contributed by atoms with Gasteiger partial charge in [-0.1, -0.05) is 17.7 Å². The molecule has 4 rings (SSSR count). The number of aromatic nitrogens is 1. The van der Waals surface area contributed by atoms with E-state index in [2.05, 4.69) is 10.3 Å². The predicted molar refractivity (Wildman–Crippen MR) is 73.4 cm³/mol. The fourth-order valence-corrected chi connectivity index (χ4v) is 3.32. The van der Waals surface area contributed by atoms with Gasteiger partial charge in [0.25, 0.3) is 0 Å². The molecule has 2 atom stereocenters. The SMILES string of the molecule is O=C1Nc2ccc(Cl)cc2[C@@]12C[C@@H]2c1cccnc1. The summed E-state index contributed by atoms with van der Waals surface area (Å²) in [6, 6.07) is 9.53. The van der Waals surface area contributed by atoms with Crippen LogP contribution in [0.2, 0.25) is 5.02 Å². The summed E-state index contributed by atoms with van der Waals surface area (Å²) in [7, 11) is 0. The number of pyridine rings is 1. The predicted octanol–water partition coefficient (Wildman–Crippen LogP) is 3.11. The minimum absolute atomic E-state index is 0.0821. The molecule has 1 amide bonds. The Labute approximate surface area is 115 Å². The largest absolute Gasteiger partial charge is 0.325 e. The molecule has 19 heavy (non-hydrogen) atoms. The van der Waals surface area contributed by atoms with E-state index in [9.17, 15) is 4.79 Å². The molecule has 2 aromatic rings. The van der Waals surface area contributed by atoms with Gasteiger partial charge >= 0.3 is 0 Å². The average Bonchev–Trinajstić information content (AvgIpc) is 3.12. The van der Waals surface area contributed by atoms with Gasteiger partial charge in [0.2, 0.25) is 5.91 Å². The number of nitrogens with one attached hydrogen (secondary N) is 1. The molecule has 0 saturated heterocycles. The van der Waals surface area contributed by atoms with Gasteiger partial charge in [-0.05, 0) is 41.8 Å². The number of rotatable bonds is 1. The van der Waals surface area contributed by atoms with Crippen LogP contribution in [0.1, 0.15) is 23.5 Å². The maximum absolute atomic E-state index is 12.3. The summed E-state index contributed by atoms with van der Waals surface area (Å²) in [6.07, 6.45) is 4.42. The van der Waals surface area contributed by atoms with Gasteiger partial charge in [0.1, 0.15) is 0 Å². The molecule has 2 heterocycles. The standard InChI is InChI=1S/C15H11ClN2O/c16-10-3-4-13-11(6-10)15(14(19)18-13)7-12(15)9-2-1-5-17-8-9/h1-6,8,12H,7H2,(H,18,19)/t12-,15-/m1/s1. The molecule has 94 valence electrons. The number of fused-ring (bicyclic) bond motifs is 2. The van der Waals surface area contributed by atoms with Crippen molar-refractivity contribution in [3.05, 3.63) is 58.9 Å². The molecule has 0 unspecified atom stereocenters. The molecule has 2 aliphatic rings. The summed E-state index contributed by atoms with van der Waals surface area (Å²) < 4.78 is 0. The molecule has 4 heteroatoms. The molecular weight excluding hydrogens is 260 g/mol. The van der Waals surface area contributed by atoms with Crippen LogP contribution in [0.15, 0.2) is 42.7 Å². The number of hydrogen-bond donors (Lipinski definition) is 1. The monoisotopic (exact) mass is 270 g/mol. The Morgan fingerprint density at radius 2 is 2.26 bits per heavy atom. The lowest BCUT2D eigenvalue weighted by molar-refractivity contribution is -0.118. The number of carbonyl (C=O) groups is 1. The first-order valence-electron chi connectivity index (χ1n) is 6.23. The van der Waals surface area contributed by atoms with E-state index in [0.29, 0.717) is 5.02 Å². The molecule has 1 fully saturated rings. The zero-order valence-corrected chi connectivity index (χ0v) is 10.8.